The highest BCUT2D eigenvalue weighted by atomic mass is 79.9. The van der Waals surface area contributed by atoms with Crippen molar-refractivity contribution < 1.29 is 13.9 Å². The van der Waals surface area contributed by atoms with Gasteiger partial charge in [0, 0.05) is 11.9 Å². The van der Waals surface area contributed by atoms with Crippen molar-refractivity contribution in [3.05, 3.63) is 52.4 Å². The first-order valence-electron chi connectivity index (χ1n) is 5.37. The molecule has 0 saturated heterocycles. The number of ether oxygens (including phenoxy) is 1. The van der Waals surface area contributed by atoms with Gasteiger partial charge in [0.15, 0.2) is 0 Å². The molecule has 1 aromatic carbocycles. The predicted molar refractivity (Wildman–Crippen MR) is 72.8 cm³/mol. The van der Waals surface area contributed by atoms with Crippen LogP contribution in [-0.2, 0) is 0 Å². The molecule has 2 aromatic rings. The van der Waals surface area contributed by atoms with Crippen LogP contribution in [0.25, 0.3) is 0 Å². The lowest BCUT2D eigenvalue weighted by atomic mass is 10.2. The number of hydrogen-bond donors (Lipinski definition) is 1. The van der Waals surface area contributed by atoms with Crippen LogP contribution in [0.1, 0.15) is 10.4 Å². The van der Waals surface area contributed by atoms with Crippen molar-refractivity contribution in [1.29, 1.82) is 0 Å². The molecule has 1 amide bonds. The van der Waals surface area contributed by atoms with Gasteiger partial charge in [0.1, 0.15) is 11.4 Å². The van der Waals surface area contributed by atoms with Crippen molar-refractivity contribution >= 4 is 27.5 Å². The van der Waals surface area contributed by atoms with Crippen LogP contribution in [0.3, 0.4) is 0 Å². The number of carbonyl (C=O) groups excluding carboxylic acids is 1. The Kier molecular flexibility index (Phi) is 4.11. The summed E-state index contributed by atoms with van der Waals surface area (Å²) in [7, 11) is 1.43. The normalized spacial score (nSPS) is 10.1. The number of nitrogens with one attached hydrogen (secondary N) is 1. The summed E-state index contributed by atoms with van der Waals surface area (Å²) in [4.78, 5) is 16.0. The highest BCUT2D eigenvalue weighted by Gasteiger charge is 2.13. The van der Waals surface area contributed by atoms with Crippen molar-refractivity contribution in [3.8, 4) is 5.88 Å². The maximum atomic E-state index is 13.3. The third kappa shape index (κ3) is 3.08. The molecule has 0 aliphatic heterocycles. The second-order valence-corrected chi connectivity index (χ2v) is 4.50. The summed E-state index contributed by atoms with van der Waals surface area (Å²) in [5.41, 5.74) is 0.643. The van der Waals surface area contributed by atoms with E-state index in [0.29, 0.717) is 10.2 Å². The monoisotopic (exact) mass is 324 g/mol. The summed E-state index contributed by atoms with van der Waals surface area (Å²) in [6, 6.07) is 7.54. The van der Waals surface area contributed by atoms with Gasteiger partial charge in [0.2, 0.25) is 5.88 Å². The molecule has 0 aliphatic rings. The molecule has 0 saturated carbocycles. The molecular weight excluding hydrogens is 315 g/mol. The zero-order chi connectivity index (χ0) is 13.8. The smallest absolute Gasteiger partial charge is 0.261 e. The highest BCUT2D eigenvalue weighted by molar-refractivity contribution is 9.10. The fourth-order valence-corrected chi connectivity index (χ4v) is 1.75. The minimum atomic E-state index is -0.448. The minimum absolute atomic E-state index is 0.220. The number of rotatable bonds is 3. The van der Waals surface area contributed by atoms with Crippen LogP contribution in [0.2, 0.25) is 0 Å². The van der Waals surface area contributed by atoms with Crippen molar-refractivity contribution in [2.24, 2.45) is 0 Å². The molecule has 0 unspecified atom stereocenters. The standard InChI is InChI=1S/C13H10BrFN2O2/c1-19-13-9(3-2-6-16-13)12(18)17-8-4-5-10(14)11(15)7-8/h2-7H,1H3,(H,17,18). The number of hydrogen-bond acceptors (Lipinski definition) is 3. The van der Waals surface area contributed by atoms with E-state index >= 15 is 0 Å². The summed E-state index contributed by atoms with van der Waals surface area (Å²) in [6.45, 7) is 0. The van der Waals surface area contributed by atoms with Gasteiger partial charge < -0.3 is 10.1 Å². The summed E-state index contributed by atoms with van der Waals surface area (Å²) in [6.07, 6.45) is 1.52. The first-order chi connectivity index (χ1) is 9.11. The number of anilines is 1. The van der Waals surface area contributed by atoms with E-state index in [0.717, 1.165) is 0 Å². The Labute approximate surface area is 117 Å². The summed E-state index contributed by atoms with van der Waals surface area (Å²) in [5, 5.41) is 2.58. The van der Waals surface area contributed by atoms with E-state index in [-0.39, 0.29) is 11.4 Å². The van der Waals surface area contributed by atoms with E-state index in [2.05, 4.69) is 26.2 Å². The number of aromatic nitrogens is 1. The van der Waals surface area contributed by atoms with Crippen LogP contribution in [0, 0.1) is 5.82 Å². The van der Waals surface area contributed by atoms with Gasteiger partial charge in [-0.05, 0) is 46.3 Å². The molecule has 2 rings (SSSR count). The van der Waals surface area contributed by atoms with E-state index in [1.165, 1.54) is 25.4 Å². The number of halogens is 2. The summed E-state index contributed by atoms with van der Waals surface area (Å²) >= 11 is 3.05. The first kappa shape index (κ1) is 13.5. The molecule has 1 aromatic heterocycles. The maximum absolute atomic E-state index is 13.3. The summed E-state index contributed by atoms with van der Waals surface area (Å²) in [5.74, 6) is -0.639. The second kappa shape index (κ2) is 5.79. The molecule has 0 fully saturated rings. The Balaban J connectivity index is 2.23. The van der Waals surface area contributed by atoms with E-state index in [1.54, 1.807) is 18.2 Å². The molecule has 98 valence electrons. The lowest BCUT2D eigenvalue weighted by Crippen LogP contribution is -2.13. The van der Waals surface area contributed by atoms with Gasteiger partial charge in [0.05, 0.1) is 11.6 Å². The Morgan fingerprint density at radius 1 is 1.42 bits per heavy atom. The van der Waals surface area contributed by atoms with E-state index in [9.17, 15) is 9.18 Å². The van der Waals surface area contributed by atoms with Gasteiger partial charge in [-0.2, -0.15) is 0 Å². The summed E-state index contributed by atoms with van der Waals surface area (Å²) < 4.78 is 18.7. The Hall–Kier alpha value is -1.95. The fraction of sp³-hybridized carbons (Fsp3) is 0.0769. The van der Waals surface area contributed by atoms with Gasteiger partial charge in [-0.3, -0.25) is 4.79 Å². The molecule has 1 N–H and O–H groups in total. The average molecular weight is 325 g/mol. The molecule has 0 aliphatic carbocycles. The van der Waals surface area contributed by atoms with Crippen LogP contribution in [0.5, 0.6) is 5.88 Å². The Morgan fingerprint density at radius 2 is 2.21 bits per heavy atom. The van der Waals surface area contributed by atoms with Crippen LogP contribution in [-0.4, -0.2) is 18.0 Å². The predicted octanol–water partition coefficient (Wildman–Crippen LogP) is 3.24. The van der Waals surface area contributed by atoms with Crippen LogP contribution < -0.4 is 10.1 Å². The molecule has 1 heterocycles. The lowest BCUT2D eigenvalue weighted by Gasteiger charge is -2.08. The topological polar surface area (TPSA) is 51.2 Å². The van der Waals surface area contributed by atoms with Gasteiger partial charge in [-0.15, -0.1) is 0 Å². The number of nitrogens with zero attached hydrogens (tertiary/aromatic N) is 1. The van der Waals surface area contributed by atoms with Gasteiger partial charge >= 0.3 is 0 Å². The molecular formula is C13H10BrFN2O2. The lowest BCUT2D eigenvalue weighted by molar-refractivity contribution is 0.102. The number of pyridine rings is 1. The first-order valence-corrected chi connectivity index (χ1v) is 6.16. The SMILES string of the molecule is COc1ncccc1C(=O)Nc1ccc(Br)c(F)c1. The van der Waals surface area contributed by atoms with E-state index in [1.807, 2.05) is 0 Å². The molecule has 6 heteroatoms. The number of amides is 1. The van der Waals surface area contributed by atoms with Gasteiger partial charge in [-0.1, -0.05) is 0 Å². The highest BCUT2D eigenvalue weighted by Crippen LogP contribution is 2.21. The third-order valence-corrected chi connectivity index (χ3v) is 3.03. The zero-order valence-corrected chi connectivity index (χ0v) is 11.6. The quantitative estimate of drug-likeness (QED) is 0.942. The van der Waals surface area contributed by atoms with E-state index < -0.39 is 11.7 Å². The molecule has 0 radical (unpaired) electrons. The van der Waals surface area contributed by atoms with Crippen molar-refractivity contribution in [2.75, 3.05) is 12.4 Å². The van der Waals surface area contributed by atoms with Crippen molar-refractivity contribution in [2.45, 2.75) is 0 Å². The average Bonchev–Trinajstić information content (AvgIpc) is 2.43. The zero-order valence-electron chi connectivity index (χ0n) is 9.98. The Bertz CT molecular complexity index is 619. The molecule has 0 bridgehead atoms. The third-order valence-electron chi connectivity index (χ3n) is 2.39. The minimum Gasteiger partial charge on any atom is -0.480 e. The van der Waals surface area contributed by atoms with Crippen LogP contribution in [0.4, 0.5) is 10.1 Å². The number of benzene rings is 1. The van der Waals surface area contributed by atoms with Crippen LogP contribution in [0.15, 0.2) is 41.0 Å². The number of carbonyl (C=O) groups is 1. The van der Waals surface area contributed by atoms with Crippen molar-refractivity contribution in [3.63, 3.8) is 0 Å². The van der Waals surface area contributed by atoms with E-state index in [4.69, 9.17) is 4.74 Å². The molecule has 4 nitrogen and oxygen atoms in total. The van der Waals surface area contributed by atoms with Crippen molar-refractivity contribution in [1.82, 2.24) is 4.98 Å². The Morgan fingerprint density at radius 3 is 2.89 bits per heavy atom. The number of methoxy groups -OCH3 is 1. The molecule has 19 heavy (non-hydrogen) atoms. The molecule has 0 atom stereocenters. The van der Waals surface area contributed by atoms with Gasteiger partial charge in [0.25, 0.3) is 5.91 Å². The van der Waals surface area contributed by atoms with Gasteiger partial charge in [-0.25, -0.2) is 9.37 Å². The van der Waals surface area contributed by atoms with Crippen LogP contribution >= 0.6 is 15.9 Å². The molecule has 0 spiro atoms. The fourth-order valence-electron chi connectivity index (χ4n) is 1.50. The maximum Gasteiger partial charge on any atom is 0.261 e. The largest absolute Gasteiger partial charge is 0.480 e. The second-order valence-electron chi connectivity index (χ2n) is 3.64.